The van der Waals surface area contributed by atoms with Crippen molar-refractivity contribution in [2.45, 2.75) is 25.8 Å². The molecule has 1 aliphatic carbocycles. The van der Waals surface area contributed by atoms with E-state index in [1.165, 1.54) is 11.1 Å². The van der Waals surface area contributed by atoms with Gasteiger partial charge in [0.2, 0.25) is 0 Å². The maximum atomic E-state index is 13.1. The van der Waals surface area contributed by atoms with Crippen LogP contribution in [0.15, 0.2) is 67.0 Å². The minimum Gasteiger partial charge on any atom is -0.322 e. The number of nitrogens with one attached hydrogen (secondary N) is 1. The van der Waals surface area contributed by atoms with Crippen molar-refractivity contribution in [1.82, 2.24) is 19.2 Å². The highest BCUT2D eigenvalue weighted by atomic mass is 16.1. The largest absolute Gasteiger partial charge is 0.322 e. The Morgan fingerprint density at radius 3 is 2.76 bits per heavy atom. The molecule has 1 fully saturated rings. The number of fused-ring (bicyclic) bond motifs is 2. The number of hydrogen-bond acceptors (Lipinski definition) is 4. The van der Waals surface area contributed by atoms with Gasteiger partial charge in [-0.25, -0.2) is 4.98 Å². The Balaban J connectivity index is 1.18. The summed E-state index contributed by atoms with van der Waals surface area (Å²) in [7, 11) is 2.19. The summed E-state index contributed by atoms with van der Waals surface area (Å²) in [5.74, 6) is 6.41. The molecule has 0 unspecified atom stereocenters. The fourth-order valence-electron chi connectivity index (χ4n) is 5.44. The van der Waals surface area contributed by atoms with Gasteiger partial charge in [0.1, 0.15) is 11.3 Å². The third kappa shape index (κ3) is 4.76. The summed E-state index contributed by atoms with van der Waals surface area (Å²) in [5, 5.41) is 3.08. The number of carbonyl (C=O) groups excluding carboxylic acids is 1. The van der Waals surface area contributed by atoms with Crippen molar-refractivity contribution >= 4 is 17.2 Å². The first kappa shape index (κ1) is 23.5. The van der Waals surface area contributed by atoms with Crippen LogP contribution in [-0.4, -0.2) is 58.3 Å². The molecular weight excluding hydrogens is 458 g/mol. The molecule has 2 aliphatic rings. The number of amides is 1. The molecular formula is C31H31N5O. The zero-order valence-electron chi connectivity index (χ0n) is 21.4. The van der Waals surface area contributed by atoms with E-state index in [1.807, 2.05) is 60.0 Å². The lowest BCUT2D eigenvalue weighted by atomic mass is 10.0. The molecule has 1 amide bonds. The van der Waals surface area contributed by atoms with Crippen LogP contribution in [0.2, 0.25) is 0 Å². The highest BCUT2D eigenvalue weighted by Crippen LogP contribution is 2.36. The van der Waals surface area contributed by atoms with Crippen molar-refractivity contribution in [2.75, 3.05) is 38.5 Å². The lowest BCUT2D eigenvalue weighted by molar-refractivity contribution is 0.102. The number of pyridine rings is 1. The van der Waals surface area contributed by atoms with E-state index < -0.39 is 0 Å². The van der Waals surface area contributed by atoms with Crippen molar-refractivity contribution in [3.05, 3.63) is 101 Å². The number of hydrogen-bond donors (Lipinski definition) is 1. The molecule has 3 heterocycles. The quantitative estimate of drug-likeness (QED) is 0.430. The van der Waals surface area contributed by atoms with E-state index in [9.17, 15) is 4.79 Å². The molecule has 6 rings (SSSR count). The Morgan fingerprint density at radius 2 is 1.89 bits per heavy atom. The van der Waals surface area contributed by atoms with E-state index in [2.05, 4.69) is 51.1 Å². The van der Waals surface area contributed by atoms with Crippen LogP contribution in [0, 0.1) is 18.8 Å². The molecule has 1 saturated heterocycles. The lowest BCUT2D eigenvalue weighted by Crippen LogP contribution is -2.45. The number of nitrogens with zero attached hydrogens (tertiary/aromatic N) is 4. The molecule has 2 aromatic heterocycles. The number of imidazole rings is 1. The number of aromatic nitrogens is 2. The molecule has 6 nitrogen and oxygen atoms in total. The summed E-state index contributed by atoms with van der Waals surface area (Å²) in [6, 6.07) is 18.5. The van der Waals surface area contributed by atoms with E-state index >= 15 is 0 Å². The second kappa shape index (κ2) is 9.85. The van der Waals surface area contributed by atoms with Gasteiger partial charge >= 0.3 is 0 Å². The zero-order chi connectivity index (χ0) is 25.4. The van der Waals surface area contributed by atoms with Gasteiger partial charge in [0, 0.05) is 55.2 Å². The van der Waals surface area contributed by atoms with Gasteiger partial charge in [0.05, 0.1) is 6.20 Å². The van der Waals surface area contributed by atoms with Crippen LogP contribution in [0.5, 0.6) is 0 Å². The summed E-state index contributed by atoms with van der Waals surface area (Å²) in [5.41, 5.74) is 7.79. The Hall–Kier alpha value is -3.92. The maximum absolute atomic E-state index is 13.1. The number of likely N-dealkylation sites (N-methyl/N-ethyl adjacent to an activating group) is 1. The molecule has 2 aromatic carbocycles. The van der Waals surface area contributed by atoms with Gasteiger partial charge in [0.25, 0.3) is 5.91 Å². The Labute approximate surface area is 217 Å². The Morgan fingerprint density at radius 1 is 1.03 bits per heavy atom. The molecule has 1 aliphatic heterocycles. The van der Waals surface area contributed by atoms with Crippen LogP contribution in [0.25, 0.3) is 5.65 Å². The van der Waals surface area contributed by atoms with Crippen LogP contribution in [0.1, 0.15) is 50.8 Å². The van der Waals surface area contributed by atoms with Crippen molar-refractivity contribution in [3.8, 4) is 11.8 Å². The first-order valence-electron chi connectivity index (χ1n) is 13.0. The number of anilines is 1. The zero-order valence-corrected chi connectivity index (χ0v) is 21.4. The number of piperazine rings is 1. The average molecular weight is 490 g/mol. The summed E-state index contributed by atoms with van der Waals surface area (Å²) in [6.45, 7) is 6.49. The second-order valence-corrected chi connectivity index (χ2v) is 10.1. The third-order valence-corrected chi connectivity index (χ3v) is 7.67. The van der Waals surface area contributed by atoms with Gasteiger partial charge in [-0.2, -0.15) is 0 Å². The van der Waals surface area contributed by atoms with E-state index in [4.69, 9.17) is 0 Å². The molecule has 4 aromatic rings. The highest BCUT2D eigenvalue weighted by Gasteiger charge is 2.30. The van der Waals surface area contributed by atoms with Gasteiger partial charge in [-0.1, -0.05) is 24.1 Å². The fourth-order valence-corrected chi connectivity index (χ4v) is 5.44. The third-order valence-electron chi connectivity index (χ3n) is 7.67. The van der Waals surface area contributed by atoms with Gasteiger partial charge in [-0.15, -0.1) is 0 Å². The van der Waals surface area contributed by atoms with Crippen molar-refractivity contribution in [3.63, 3.8) is 0 Å². The summed E-state index contributed by atoms with van der Waals surface area (Å²) in [4.78, 5) is 22.5. The second-order valence-electron chi connectivity index (χ2n) is 10.1. The molecule has 0 saturated carbocycles. The molecule has 6 heteroatoms. The molecule has 1 atom stereocenters. The normalized spacial score (nSPS) is 17.8. The van der Waals surface area contributed by atoms with Crippen molar-refractivity contribution in [2.24, 2.45) is 0 Å². The molecule has 0 spiro atoms. The molecule has 37 heavy (non-hydrogen) atoms. The summed E-state index contributed by atoms with van der Waals surface area (Å²) in [6.07, 6.45) is 5.91. The number of benzene rings is 2. The number of carbonyl (C=O) groups is 1. The van der Waals surface area contributed by atoms with Crippen LogP contribution in [-0.2, 0) is 6.42 Å². The average Bonchev–Trinajstić information content (AvgIpc) is 3.53. The Kier molecular flexibility index (Phi) is 6.25. The van der Waals surface area contributed by atoms with E-state index in [1.54, 1.807) is 6.20 Å². The van der Waals surface area contributed by atoms with Gasteiger partial charge in [-0.3, -0.25) is 14.1 Å². The number of aryl methyl sites for hydroxylation is 2. The minimum atomic E-state index is -0.0876. The van der Waals surface area contributed by atoms with Gasteiger partial charge < -0.3 is 10.2 Å². The lowest BCUT2D eigenvalue weighted by Gasteiger charge is -2.36. The fraction of sp³-hybridized carbons (Fsp3) is 0.290. The molecule has 186 valence electrons. The van der Waals surface area contributed by atoms with E-state index in [0.29, 0.717) is 11.6 Å². The minimum absolute atomic E-state index is 0.0876. The van der Waals surface area contributed by atoms with E-state index in [-0.39, 0.29) is 5.91 Å². The summed E-state index contributed by atoms with van der Waals surface area (Å²) >= 11 is 0. The van der Waals surface area contributed by atoms with Crippen molar-refractivity contribution < 1.29 is 4.79 Å². The monoisotopic (exact) mass is 489 g/mol. The topological polar surface area (TPSA) is 52.9 Å². The SMILES string of the molecule is Cc1ccc(NC(=O)c2ccc3c(c2)CC[C@H]3N2CCN(C)CC2)cc1C#Cc1cnc2ccccn12. The van der Waals surface area contributed by atoms with Crippen LogP contribution < -0.4 is 5.32 Å². The molecule has 0 bridgehead atoms. The maximum Gasteiger partial charge on any atom is 0.255 e. The van der Waals surface area contributed by atoms with E-state index in [0.717, 1.165) is 67.2 Å². The highest BCUT2D eigenvalue weighted by molar-refractivity contribution is 6.04. The number of rotatable bonds is 3. The van der Waals surface area contributed by atoms with Crippen LogP contribution in [0.3, 0.4) is 0 Å². The van der Waals surface area contributed by atoms with Gasteiger partial charge in [0.15, 0.2) is 0 Å². The standard InChI is InChI=1S/C31H31N5O/c1-22-6-10-26(20-23(22)7-11-27-21-32-30-5-3-4-14-36(27)30)33-31(37)25-8-12-28-24(19-25)9-13-29(28)35-17-15-34(2)16-18-35/h3-6,8,10,12,14,19-21,29H,9,13,15-18H2,1-2H3,(H,33,37)/t29-/m1/s1. The smallest absolute Gasteiger partial charge is 0.255 e. The molecule has 1 N–H and O–H groups in total. The first-order chi connectivity index (χ1) is 18.0. The van der Waals surface area contributed by atoms with Crippen LogP contribution >= 0.6 is 0 Å². The molecule has 0 radical (unpaired) electrons. The first-order valence-corrected chi connectivity index (χ1v) is 13.0. The summed E-state index contributed by atoms with van der Waals surface area (Å²) < 4.78 is 1.97. The van der Waals surface area contributed by atoms with Crippen molar-refractivity contribution in [1.29, 1.82) is 0 Å². The van der Waals surface area contributed by atoms with Crippen LogP contribution in [0.4, 0.5) is 5.69 Å². The predicted octanol–water partition coefficient (Wildman–Crippen LogP) is 4.53. The predicted molar refractivity (Wildman–Crippen MR) is 147 cm³/mol. The van der Waals surface area contributed by atoms with Gasteiger partial charge in [-0.05, 0) is 85.8 Å². The Bertz CT molecular complexity index is 1530.